The first-order chi connectivity index (χ1) is 6.81. The van der Waals surface area contributed by atoms with E-state index in [1.807, 2.05) is 6.92 Å². The fourth-order valence-electron chi connectivity index (χ4n) is 2.81. The smallest absolute Gasteiger partial charge is 0.228 e. The summed E-state index contributed by atoms with van der Waals surface area (Å²) in [6.07, 6.45) is 4.97. The second-order valence-corrected chi connectivity index (χ2v) is 4.48. The van der Waals surface area contributed by atoms with Crippen LogP contribution in [0.5, 0.6) is 0 Å². The molecule has 0 radical (unpaired) electrons. The fourth-order valence-corrected chi connectivity index (χ4v) is 2.81. The van der Waals surface area contributed by atoms with Gasteiger partial charge in [0.25, 0.3) is 0 Å². The number of piperidine rings is 1. The van der Waals surface area contributed by atoms with Crippen molar-refractivity contribution in [2.75, 3.05) is 0 Å². The first-order valence-corrected chi connectivity index (χ1v) is 5.36. The highest BCUT2D eigenvalue weighted by molar-refractivity contribution is 5.00. The molecule has 1 aromatic rings. The molecule has 3 unspecified atom stereocenters. The highest BCUT2D eigenvalue weighted by atomic mass is 16.5. The molecular weight excluding hydrogens is 178 g/mol. The van der Waals surface area contributed by atoms with E-state index in [1.54, 1.807) is 0 Å². The van der Waals surface area contributed by atoms with Crippen LogP contribution in [0.4, 0.5) is 0 Å². The Kier molecular flexibility index (Phi) is 1.83. The van der Waals surface area contributed by atoms with Crippen LogP contribution < -0.4 is 5.32 Å². The molecule has 0 spiro atoms. The zero-order chi connectivity index (χ0) is 9.54. The predicted octanol–water partition coefficient (Wildman–Crippen LogP) is 1.06. The molecule has 3 atom stereocenters. The molecule has 2 fully saturated rings. The lowest BCUT2D eigenvalue weighted by molar-refractivity contribution is 0.320. The second-order valence-electron chi connectivity index (χ2n) is 4.48. The van der Waals surface area contributed by atoms with E-state index in [-0.39, 0.29) is 0 Å². The van der Waals surface area contributed by atoms with Crippen LogP contribution in [0.25, 0.3) is 0 Å². The molecular formula is C10H15N3O. The van der Waals surface area contributed by atoms with Crippen LogP contribution in [0, 0.1) is 12.8 Å². The van der Waals surface area contributed by atoms with E-state index in [0.717, 1.165) is 30.1 Å². The molecule has 1 aliphatic carbocycles. The molecule has 1 aliphatic heterocycles. The van der Waals surface area contributed by atoms with Gasteiger partial charge in [0, 0.05) is 18.5 Å². The third kappa shape index (κ3) is 1.34. The van der Waals surface area contributed by atoms with Gasteiger partial charge in [0.1, 0.15) is 0 Å². The Morgan fingerprint density at radius 3 is 3.00 bits per heavy atom. The predicted molar refractivity (Wildman–Crippen MR) is 50.8 cm³/mol. The Morgan fingerprint density at radius 1 is 1.50 bits per heavy atom. The van der Waals surface area contributed by atoms with Gasteiger partial charge in [0.05, 0.1) is 0 Å². The van der Waals surface area contributed by atoms with Crippen molar-refractivity contribution in [2.24, 2.45) is 5.92 Å². The van der Waals surface area contributed by atoms with E-state index in [4.69, 9.17) is 4.52 Å². The molecule has 76 valence electrons. The summed E-state index contributed by atoms with van der Waals surface area (Å²) < 4.78 is 5.13. The average molecular weight is 193 g/mol. The SMILES string of the molecule is Cc1noc(CC2NC3CCC2C3)n1. The third-order valence-electron chi connectivity index (χ3n) is 3.46. The maximum atomic E-state index is 5.13. The van der Waals surface area contributed by atoms with Crippen LogP contribution in [0.1, 0.15) is 31.0 Å². The van der Waals surface area contributed by atoms with Crippen molar-refractivity contribution in [3.63, 3.8) is 0 Å². The van der Waals surface area contributed by atoms with E-state index < -0.39 is 0 Å². The van der Waals surface area contributed by atoms with Crippen molar-refractivity contribution in [1.29, 1.82) is 0 Å². The van der Waals surface area contributed by atoms with Crippen molar-refractivity contribution in [1.82, 2.24) is 15.5 Å². The lowest BCUT2D eigenvalue weighted by atomic mass is 9.97. The van der Waals surface area contributed by atoms with Crippen LogP contribution in [-0.2, 0) is 6.42 Å². The first-order valence-electron chi connectivity index (χ1n) is 5.36. The minimum absolute atomic E-state index is 0.577. The molecule has 4 heteroatoms. The Bertz CT molecular complexity index is 336. The molecule has 0 aromatic carbocycles. The van der Waals surface area contributed by atoms with Crippen molar-refractivity contribution in [3.05, 3.63) is 11.7 Å². The Labute approximate surface area is 83.1 Å². The van der Waals surface area contributed by atoms with Crippen LogP contribution in [0.2, 0.25) is 0 Å². The molecule has 0 amide bonds. The molecule has 2 bridgehead atoms. The summed E-state index contributed by atoms with van der Waals surface area (Å²) in [5.41, 5.74) is 0. The lowest BCUT2D eigenvalue weighted by Gasteiger charge is -2.21. The third-order valence-corrected chi connectivity index (χ3v) is 3.46. The summed E-state index contributed by atoms with van der Waals surface area (Å²) in [7, 11) is 0. The van der Waals surface area contributed by atoms with E-state index in [1.165, 1.54) is 19.3 Å². The van der Waals surface area contributed by atoms with Gasteiger partial charge < -0.3 is 9.84 Å². The van der Waals surface area contributed by atoms with Crippen molar-refractivity contribution >= 4 is 0 Å². The quantitative estimate of drug-likeness (QED) is 0.763. The molecule has 14 heavy (non-hydrogen) atoms. The van der Waals surface area contributed by atoms with Gasteiger partial charge in [0.15, 0.2) is 5.82 Å². The Hall–Kier alpha value is -0.900. The zero-order valence-electron chi connectivity index (χ0n) is 8.36. The van der Waals surface area contributed by atoms with Crippen LogP contribution >= 0.6 is 0 Å². The van der Waals surface area contributed by atoms with Crippen molar-refractivity contribution in [2.45, 2.75) is 44.7 Å². The van der Waals surface area contributed by atoms with Gasteiger partial charge in [-0.1, -0.05) is 5.16 Å². The van der Waals surface area contributed by atoms with Crippen molar-refractivity contribution in [3.8, 4) is 0 Å². The Morgan fingerprint density at radius 2 is 2.43 bits per heavy atom. The van der Waals surface area contributed by atoms with Gasteiger partial charge in [-0.15, -0.1) is 0 Å². The number of rotatable bonds is 2. The summed E-state index contributed by atoms with van der Waals surface area (Å²) in [5.74, 6) is 2.36. The average Bonchev–Trinajstić information content (AvgIpc) is 2.82. The largest absolute Gasteiger partial charge is 0.339 e. The number of nitrogens with one attached hydrogen (secondary N) is 1. The summed E-state index contributed by atoms with van der Waals surface area (Å²) >= 11 is 0. The molecule has 2 aliphatic rings. The standard InChI is InChI=1S/C10H15N3O/c1-6-11-10(14-13-6)5-9-7-2-3-8(4-7)12-9/h7-9,12H,2-5H2,1H3. The fraction of sp³-hybridized carbons (Fsp3) is 0.800. The minimum atomic E-state index is 0.577. The number of aryl methyl sites for hydroxylation is 1. The van der Waals surface area contributed by atoms with E-state index in [9.17, 15) is 0 Å². The van der Waals surface area contributed by atoms with Gasteiger partial charge in [0.2, 0.25) is 5.89 Å². The normalized spacial score (nSPS) is 35.4. The van der Waals surface area contributed by atoms with Crippen LogP contribution in [0.15, 0.2) is 4.52 Å². The highest BCUT2D eigenvalue weighted by Gasteiger charge is 2.39. The summed E-state index contributed by atoms with van der Waals surface area (Å²) in [4.78, 5) is 4.24. The molecule has 4 nitrogen and oxygen atoms in total. The molecule has 1 saturated heterocycles. The number of hydrogen-bond acceptors (Lipinski definition) is 4. The summed E-state index contributed by atoms with van der Waals surface area (Å²) in [6, 6.07) is 1.34. The zero-order valence-corrected chi connectivity index (χ0v) is 8.36. The molecule has 3 rings (SSSR count). The first kappa shape index (κ1) is 8.41. The number of fused-ring (bicyclic) bond motifs is 2. The van der Waals surface area contributed by atoms with E-state index in [2.05, 4.69) is 15.5 Å². The number of aromatic nitrogens is 2. The minimum Gasteiger partial charge on any atom is -0.339 e. The maximum Gasteiger partial charge on any atom is 0.228 e. The summed E-state index contributed by atoms with van der Waals surface area (Å²) in [6.45, 7) is 1.86. The van der Waals surface area contributed by atoms with Gasteiger partial charge in [-0.3, -0.25) is 0 Å². The number of nitrogens with zero attached hydrogens (tertiary/aromatic N) is 2. The van der Waals surface area contributed by atoms with Gasteiger partial charge in [-0.25, -0.2) is 0 Å². The monoisotopic (exact) mass is 193 g/mol. The van der Waals surface area contributed by atoms with Gasteiger partial charge in [-0.05, 0) is 32.1 Å². The Balaban J connectivity index is 1.68. The number of hydrogen-bond donors (Lipinski definition) is 1. The second kappa shape index (κ2) is 3.05. The molecule has 1 saturated carbocycles. The molecule has 1 N–H and O–H groups in total. The van der Waals surface area contributed by atoms with E-state index in [0.29, 0.717) is 6.04 Å². The summed E-state index contributed by atoms with van der Waals surface area (Å²) in [5, 5.41) is 7.43. The van der Waals surface area contributed by atoms with Crippen LogP contribution in [-0.4, -0.2) is 22.2 Å². The van der Waals surface area contributed by atoms with Crippen LogP contribution in [0.3, 0.4) is 0 Å². The molecule has 1 aromatic heterocycles. The van der Waals surface area contributed by atoms with Crippen molar-refractivity contribution < 1.29 is 4.52 Å². The van der Waals surface area contributed by atoms with Gasteiger partial charge in [-0.2, -0.15) is 4.98 Å². The van der Waals surface area contributed by atoms with E-state index >= 15 is 0 Å². The maximum absolute atomic E-state index is 5.13. The highest BCUT2D eigenvalue weighted by Crippen LogP contribution is 2.36. The topological polar surface area (TPSA) is 51.0 Å². The lowest BCUT2D eigenvalue weighted by Crippen LogP contribution is -2.37. The van der Waals surface area contributed by atoms with Gasteiger partial charge >= 0.3 is 0 Å². The molecule has 2 heterocycles.